The number of likely N-dealkylation sites (tertiary alicyclic amines) is 1. The Bertz CT molecular complexity index is 429. The minimum Gasteiger partial charge on any atom is -0.329 e. The summed E-state index contributed by atoms with van der Waals surface area (Å²) < 4.78 is 1.75. The Kier molecular flexibility index (Phi) is 4.87. The molecule has 0 amide bonds. The number of hydrogen-bond acceptors (Lipinski definition) is 3. The highest BCUT2D eigenvalue weighted by Gasteiger charge is 2.28. The Balaban J connectivity index is 2.09. The van der Waals surface area contributed by atoms with Crippen LogP contribution in [0.1, 0.15) is 37.4 Å². The monoisotopic (exact) mass is 284 g/mol. The summed E-state index contributed by atoms with van der Waals surface area (Å²) in [6.45, 7) is 7.02. The maximum absolute atomic E-state index is 6.32. The van der Waals surface area contributed by atoms with E-state index in [1.165, 1.54) is 19.3 Å². The van der Waals surface area contributed by atoms with E-state index in [9.17, 15) is 0 Å². The van der Waals surface area contributed by atoms with Gasteiger partial charge in [-0.1, -0.05) is 24.9 Å². The van der Waals surface area contributed by atoms with E-state index >= 15 is 0 Å². The van der Waals surface area contributed by atoms with Crippen molar-refractivity contribution in [2.75, 3.05) is 13.1 Å². The van der Waals surface area contributed by atoms with Crippen molar-refractivity contribution in [3.63, 3.8) is 0 Å². The molecule has 4 nitrogen and oxygen atoms in total. The molecular formula is C14H25ClN4. The maximum atomic E-state index is 6.32. The van der Waals surface area contributed by atoms with Crippen molar-refractivity contribution in [2.24, 2.45) is 18.7 Å². The van der Waals surface area contributed by atoms with Crippen molar-refractivity contribution >= 4 is 11.6 Å². The van der Waals surface area contributed by atoms with Crippen LogP contribution in [0.4, 0.5) is 0 Å². The van der Waals surface area contributed by atoms with E-state index in [2.05, 4.69) is 16.9 Å². The van der Waals surface area contributed by atoms with Crippen LogP contribution in [0.25, 0.3) is 0 Å². The molecule has 108 valence electrons. The molecule has 0 radical (unpaired) electrons. The molecule has 1 fully saturated rings. The number of hydrogen-bond donors (Lipinski definition) is 1. The summed E-state index contributed by atoms with van der Waals surface area (Å²) in [4.78, 5) is 2.47. The third-order valence-corrected chi connectivity index (χ3v) is 4.90. The highest BCUT2D eigenvalue weighted by atomic mass is 35.5. The van der Waals surface area contributed by atoms with Crippen LogP contribution in [0.3, 0.4) is 0 Å². The normalized spacial score (nSPS) is 24.9. The zero-order valence-electron chi connectivity index (χ0n) is 12.2. The van der Waals surface area contributed by atoms with Gasteiger partial charge in [-0.15, -0.1) is 0 Å². The van der Waals surface area contributed by atoms with Crippen molar-refractivity contribution in [1.82, 2.24) is 14.7 Å². The van der Waals surface area contributed by atoms with E-state index in [1.807, 2.05) is 14.0 Å². The number of aryl methyl sites for hydroxylation is 2. The first-order valence-electron chi connectivity index (χ1n) is 7.18. The van der Waals surface area contributed by atoms with Crippen molar-refractivity contribution in [3.8, 4) is 0 Å². The number of halogens is 1. The van der Waals surface area contributed by atoms with Crippen molar-refractivity contribution in [3.05, 3.63) is 16.4 Å². The fourth-order valence-corrected chi connectivity index (χ4v) is 3.30. The fraction of sp³-hybridized carbons (Fsp3) is 0.786. The number of piperidine rings is 1. The first-order chi connectivity index (χ1) is 9.06. The molecule has 2 atom stereocenters. The van der Waals surface area contributed by atoms with E-state index in [0.29, 0.717) is 6.04 Å². The van der Waals surface area contributed by atoms with E-state index < -0.39 is 0 Å². The Hall–Kier alpha value is -0.580. The topological polar surface area (TPSA) is 47.1 Å². The van der Waals surface area contributed by atoms with Crippen LogP contribution < -0.4 is 5.73 Å². The van der Waals surface area contributed by atoms with Gasteiger partial charge in [-0.25, -0.2) is 0 Å². The average molecular weight is 285 g/mol. The van der Waals surface area contributed by atoms with Crippen LogP contribution >= 0.6 is 11.6 Å². The molecule has 0 aromatic carbocycles. The molecule has 2 N–H and O–H groups in total. The lowest BCUT2D eigenvalue weighted by Crippen LogP contribution is -2.46. The summed E-state index contributed by atoms with van der Waals surface area (Å²) in [6, 6.07) is 0.481. The molecule has 0 spiro atoms. The number of aromatic nitrogens is 2. The van der Waals surface area contributed by atoms with E-state index in [-0.39, 0.29) is 0 Å². The van der Waals surface area contributed by atoms with Gasteiger partial charge in [0.1, 0.15) is 5.15 Å². The Morgan fingerprint density at radius 3 is 2.74 bits per heavy atom. The summed E-state index contributed by atoms with van der Waals surface area (Å²) in [6.07, 6.45) is 3.74. The standard InChI is InChI=1S/C14H25ClN4/c1-4-11-5-6-19(12(7-11)8-16)9-13-10(2)17-18(3)14(13)15/h11-12H,4-9,16H2,1-3H3. The summed E-state index contributed by atoms with van der Waals surface area (Å²) in [5.41, 5.74) is 8.13. The smallest absolute Gasteiger partial charge is 0.131 e. The third kappa shape index (κ3) is 3.12. The first-order valence-corrected chi connectivity index (χ1v) is 7.56. The second kappa shape index (κ2) is 6.25. The molecule has 0 bridgehead atoms. The molecule has 2 unspecified atom stereocenters. The van der Waals surface area contributed by atoms with E-state index in [1.54, 1.807) is 4.68 Å². The molecule has 0 aliphatic carbocycles. The molecule has 2 heterocycles. The quantitative estimate of drug-likeness (QED) is 0.923. The first kappa shape index (κ1) is 14.8. The molecule has 1 aromatic rings. The molecular weight excluding hydrogens is 260 g/mol. The summed E-state index contributed by atoms with van der Waals surface area (Å²) in [5, 5.41) is 5.14. The second-order valence-corrected chi connectivity index (χ2v) is 6.00. The third-order valence-electron chi connectivity index (χ3n) is 4.43. The lowest BCUT2D eigenvalue weighted by Gasteiger charge is -2.38. The van der Waals surface area contributed by atoms with Gasteiger partial charge >= 0.3 is 0 Å². The average Bonchev–Trinajstić information content (AvgIpc) is 2.65. The molecule has 0 saturated carbocycles. The molecule has 1 aliphatic heterocycles. The second-order valence-electron chi connectivity index (χ2n) is 5.64. The Morgan fingerprint density at radius 2 is 2.21 bits per heavy atom. The Morgan fingerprint density at radius 1 is 1.47 bits per heavy atom. The molecule has 19 heavy (non-hydrogen) atoms. The predicted octanol–water partition coefficient (Wildman–Crippen LogP) is 2.33. The maximum Gasteiger partial charge on any atom is 0.131 e. The molecule has 2 rings (SSSR count). The van der Waals surface area contributed by atoms with Crippen LogP contribution in [-0.4, -0.2) is 33.8 Å². The van der Waals surface area contributed by atoms with Crippen LogP contribution in [0.5, 0.6) is 0 Å². The fourth-order valence-electron chi connectivity index (χ4n) is 3.06. The largest absolute Gasteiger partial charge is 0.329 e. The number of nitrogens with zero attached hydrogens (tertiary/aromatic N) is 3. The van der Waals surface area contributed by atoms with Gasteiger partial charge in [-0.3, -0.25) is 9.58 Å². The zero-order valence-corrected chi connectivity index (χ0v) is 13.0. The van der Waals surface area contributed by atoms with E-state index in [4.69, 9.17) is 17.3 Å². The highest BCUT2D eigenvalue weighted by molar-refractivity contribution is 6.30. The van der Waals surface area contributed by atoms with E-state index in [0.717, 1.165) is 42.0 Å². The van der Waals surface area contributed by atoms with Gasteiger partial charge in [-0.2, -0.15) is 5.10 Å². The molecule has 1 saturated heterocycles. The molecule has 1 aromatic heterocycles. The minimum absolute atomic E-state index is 0.481. The van der Waals surface area contributed by atoms with Gasteiger partial charge in [-0.05, 0) is 32.2 Å². The van der Waals surface area contributed by atoms with Gasteiger partial charge < -0.3 is 5.73 Å². The van der Waals surface area contributed by atoms with Crippen molar-refractivity contribution in [2.45, 2.75) is 45.7 Å². The van der Waals surface area contributed by atoms with Crippen LogP contribution in [0.15, 0.2) is 0 Å². The lowest BCUT2D eigenvalue weighted by molar-refractivity contribution is 0.107. The van der Waals surface area contributed by atoms with Gasteiger partial charge in [0.15, 0.2) is 0 Å². The number of rotatable bonds is 4. The van der Waals surface area contributed by atoms with Gasteiger partial charge in [0.25, 0.3) is 0 Å². The molecule has 5 heteroatoms. The van der Waals surface area contributed by atoms with Crippen molar-refractivity contribution in [1.29, 1.82) is 0 Å². The van der Waals surface area contributed by atoms with Gasteiger partial charge in [0.2, 0.25) is 0 Å². The molecule has 1 aliphatic rings. The summed E-state index contributed by atoms with van der Waals surface area (Å²) in [7, 11) is 1.89. The van der Waals surface area contributed by atoms with Crippen molar-refractivity contribution < 1.29 is 0 Å². The lowest BCUT2D eigenvalue weighted by atomic mass is 9.88. The SMILES string of the molecule is CCC1CCN(Cc2c(C)nn(C)c2Cl)C(CN)C1. The summed E-state index contributed by atoms with van der Waals surface area (Å²) >= 11 is 6.32. The summed E-state index contributed by atoms with van der Waals surface area (Å²) in [5.74, 6) is 0.829. The highest BCUT2D eigenvalue weighted by Crippen LogP contribution is 2.28. The zero-order chi connectivity index (χ0) is 14.0. The van der Waals surface area contributed by atoms with Crippen LogP contribution in [0.2, 0.25) is 5.15 Å². The Labute approximate surface area is 120 Å². The van der Waals surface area contributed by atoms with Crippen LogP contribution in [0, 0.1) is 12.8 Å². The van der Waals surface area contributed by atoms with Gasteiger partial charge in [0, 0.05) is 31.7 Å². The van der Waals surface area contributed by atoms with Gasteiger partial charge in [0.05, 0.1) is 5.69 Å². The number of nitrogens with two attached hydrogens (primary N) is 1. The predicted molar refractivity (Wildman–Crippen MR) is 79.2 cm³/mol. The minimum atomic E-state index is 0.481. The van der Waals surface area contributed by atoms with Crippen LogP contribution in [-0.2, 0) is 13.6 Å².